The third kappa shape index (κ3) is 2.78. The van der Waals surface area contributed by atoms with Crippen LogP contribution >= 0.6 is 0 Å². The van der Waals surface area contributed by atoms with Gasteiger partial charge in [0.05, 0.1) is 0 Å². The first-order valence-electron chi connectivity index (χ1n) is 5.43. The molecule has 1 saturated carbocycles. The highest BCUT2D eigenvalue weighted by Crippen LogP contribution is 2.34. The van der Waals surface area contributed by atoms with Gasteiger partial charge in [0.2, 0.25) is 5.95 Å². The monoisotopic (exact) mass is 246 g/mol. The Kier molecular flexibility index (Phi) is 3.08. The maximum atomic E-state index is 12.7. The van der Waals surface area contributed by atoms with Crippen LogP contribution in [0.1, 0.15) is 31.2 Å². The van der Waals surface area contributed by atoms with E-state index in [0.717, 1.165) is 31.9 Å². The second-order valence-electron chi connectivity index (χ2n) is 4.11. The molecule has 1 aliphatic rings. The molecular formula is C10H13F3N4. The van der Waals surface area contributed by atoms with Gasteiger partial charge in [-0.25, -0.2) is 4.98 Å². The van der Waals surface area contributed by atoms with Crippen molar-refractivity contribution in [3.63, 3.8) is 0 Å². The van der Waals surface area contributed by atoms with E-state index in [4.69, 9.17) is 5.73 Å². The van der Waals surface area contributed by atoms with Gasteiger partial charge >= 0.3 is 6.18 Å². The van der Waals surface area contributed by atoms with Crippen LogP contribution in [-0.4, -0.2) is 16.0 Å². The lowest BCUT2D eigenvalue weighted by Gasteiger charge is -2.17. The van der Waals surface area contributed by atoms with Crippen molar-refractivity contribution in [3.8, 4) is 0 Å². The van der Waals surface area contributed by atoms with Crippen LogP contribution in [0.5, 0.6) is 0 Å². The molecular weight excluding hydrogens is 233 g/mol. The van der Waals surface area contributed by atoms with E-state index in [0.29, 0.717) is 0 Å². The highest BCUT2D eigenvalue weighted by Gasteiger charge is 2.35. The summed E-state index contributed by atoms with van der Waals surface area (Å²) in [5.41, 5.74) is 4.45. The zero-order chi connectivity index (χ0) is 12.5. The Hall–Kier alpha value is -1.53. The maximum absolute atomic E-state index is 12.7. The van der Waals surface area contributed by atoms with E-state index in [1.54, 1.807) is 0 Å². The van der Waals surface area contributed by atoms with Gasteiger partial charge in [-0.3, -0.25) is 0 Å². The molecule has 0 amide bonds. The first-order valence-corrected chi connectivity index (χ1v) is 5.43. The standard InChI is InChI=1S/C10H13F3N4/c11-10(12,13)7-5-15-9(14)17-8(7)16-6-3-1-2-4-6/h5-6H,1-4H2,(H3,14,15,16,17). The molecule has 94 valence electrons. The summed E-state index contributed by atoms with van der Waals surface area (Å²) in [5.74, 6) is -0.365. The number of alkyl halides is 3. The van der Waals surface area contributed by atoms with Crippen LogP contribution in [0.15, 0.2) is 6.20 Å². The Labute approximate surface area is 96.4 Å². The van der Waals surface area contributed by atoms with E-state index >= 15 is 0 Å². The molecule has 7 heteroatoms. The molecule has 0 radical (unpaired) electrons. The van der Waals surface area contributed by atoms with Crippen LogP contribution in [0, 0.1) is 0 Å². The van der Waals surface area contributed by atoms with E-state index in [2.05, 4.69) is 15.3 Å². The molecule has 0 atom stereocenters. The molecule has 1 heterocycles. The number of anilines is 2. The van der Waals surface area contributed by atoms with Crippen LogP contribution in [0.4, 0.5) is 24.9 Å². The van der Waals surface area contributed by atoms with Gasteiger partial charge < -0.3 is 11.1 Å². The summed E-state index contributed by atoms with van der Waals surface area (Å²) in [4.78, 5) is 7.03. The first kappa shape index (κ1) is 11.9. The fourth-order valence-electron chi connectivity index (χ4n) is 1.98. The average Bonchev–Trinajstić information content (AvgIpc) is 2.68. The van der Waals surface area contributed by atoms with Crippen molar-refractivity contribution in [1.82, 2.24) is 9.97 Å². The summed E-state index contributed by atoms with van der Waals surface area (Å²) in [6, 6.07) is 0.0467. The Balaban J connectivity index is 2.26. The summed E-state index contributed by atoms with van der Waals surface area (Å²) in [6.07, 6.45) is 0.0375. The summed E-state index contributed by atoms with van der Waals surface area (Å²) >= 11 is 0. The third-order valence-electron chi connectivity index (χ3n) is 2.81. The van der Waals surface area contributed by atoms with Crippen molar-refractivity contribution in [2.45, 2.75) is 37.9 Å². The lowest BCUT2D eigenvalue weighted by atomic mass is 10.2. The molecule has 0 bridgehead atoms. The second-order valence-corrected chi connectivity index (χ2v) is 4.11. The Bertz CT molecular complexity index is 399. The van der Waals surface area contributed by atoms with Gasteiger partial charge in [-0.15, -0.1) is 0 Å². The Morgan fingerprint density at radius 1 is 1.29 bits per heavy atom. The molecule has 0 saturated heterocycles. The zero-order valence-corrected chi connectivity index (χ0v) is 9.09. The van der Waals surface area contributed by atoms with Gasteiger partial charge in [-0.2, -0.15) is 18.2 Å². The third-order valence-corrected chi connectivity index (χ3v) is 2.81. The molecule has 0 unspecified atom stereocenters. The molecule has 0 aliphatic heterocycles. The maximum Gasteiger partial charge on any atom is 0.421 e. The number of nitrogens with zero attached hydrogens (tertiary/aromatic N) is 2. The van der Waals surface area contributed by atoms with Crippen LogP contribution in [0.3, 0.4) is 0 Å². The molecule has 1 aromatic rings. The average molecular weight is 246 g/mol. The van der Waals surface area contributed by atoms with E-state index < -0.39 is 11.7 Å². The zero-order valence-electron chi connectivity index (χ0n) is 9.09. The van der Waals surface area contributed by atoms with Gasteiger partial charge in [0.1, 0.15) is 11.4 Å². The molecule has 4 nitrogen and oxygen atoms in total. The molecule has 2 rings (SSSR count). The van der Waals surface area contributed by atoms with Crippen LogP contribution in [-0.2, 0) is 6.18 Å². The highest BCUT2D eigenvalue weighted by molar-refractivity contribution is 5.48. The first-order chi connectivity index (χ1) is 7.97. The van der Waals surface area contributed by atoms with E-state index in [1.807, 2.05) is 0 Å². The Morgan fingerprint density at radius 3 is 2.53 bits per heavy atom. The second kappa shape index (κ2) is 4.38. The molecule has 17 heavy (non-hydrogen) atoms. The lowest BCUT2D eigenvalue weighted by Crippen LogP contribution is -2.20. The topological polar surface area (TPSA) is 63.8 Å². The molecule has 1 fully saturated rings. The quantitative estimate of drug-likeness (QED) is 0.841. The number of nitrogen functional groups attached to an aromatic ring is 1. The van der Waals surface area contributed by atoms with Crippen LogP contribution < -0.4 is 11.1 Å². The summed E-state index contributed by atoms with van der Waals surface area (Å²) in [6.45, 7) is 0. The predicted molar refractivity (Wildman–Crippen MR) is 57.3 cm³/mol. The number of aromatic nitrogens is 2. The van der Waals surface area contributed by atoms with E-state index in [9.17, 15) is 13.2 Å². The summed E-state index contributed by atoms with van der Waals surface area (Å²) in [7, 11) is 0. The number of nitrogens with two attached hydrogens (primary N) is 1. The summed E-state index contributed by atoms with van der Waals surface area (Å²) < 4.78 is 38.1. The van der Waals surface area contributed by atoms with Gasteiger partial charge in [-0.05, 0) is 12.8 Å². The van der Waals surface area contributed by atoms with E-state index in [1.165, 1.54) is 0 Å². The molecule has 0 aromatic carbocycles. The normalized spacial score (nSPS) is 17.4. The minimum absolute atomic E-state index is 0.0467. The fraction of sp³-hybridized carbons (Fsp3) is 0.600. The Morgan fingerprint density at radius 2 is 1.94 bits per heavy atom. The number of hydrogen-bond acceptors (Lipinski definition) is 4. The van der Waals surface area contributed by atoms with Gasteiger partial charge in [-0.1, -0.05) is 12.8 Å². The van der Waals surface area contributed by atoms with Crippen molar-refractivity contribution >= 4 is 11.8 Å². The van der Waals surface area contributed by atoms with Crippen molar-refractivity contribution in [1.29, 1.82) is 0 Å². The molecule has 1 aromatic heterocycles. The summed E-state index contributed by atoms with van der Waals surface area (Å²) in [5, 5.41) is 2.81. The fourth-order valence-corrected chi connectivity index (χ4v) is 1.98. The van der Waals surface area contributed by atoms with Gasteiger partial charge in [0, 0.05) is 12.2 Å². The van der Waals surface area contributed by atoms with Crippen molar-refractivity contribution in [2.75, 3.05) is 11.1 Å². The SMILES string of the molecule is Nc1ncc(C(F)(F)F)c(NC2CCCC2)n1. The lowest BCUT2D eigenvalue weighted by molar-refractivity contribution is -0.137. The van der Waals surface area contributed by atoms with E-state index in [-0.39, 0.29) is 17.8 Å². The molecule has 3 N–H and O–H groups in total. The minimum Gasteiger partial charge on any atom is -0.368 e. The number of nitrogens with one attached hydrogen (secondary N) is 1. The highest BCUT2D eigenvalue weighted by atomic mass is 19.4. The number of hydrogen-bond donors (Lipinski definition) is 2. The molecule has 1 aliphatic carbocycles. The minimum atomic E-state index is -4.46. The van der Waals surface area contributed by atoms with Crippen LogP contribution in [0.2, 0.25) is 0 Å². The number of rotatable bonds is 2. The van der Waals surface area contributed by atoms with Gasteiger partial charge in [0.25, 0.3) is 0 Å². The van der Waals surface area contributed by atoms with Gasteiger partial charge in [0.15, 0.2) is 0 Å². The largest absolute Gasteiger partial charge is 0.421 e. The molecule has 0 spiro atoms. The van der Waals surface area contributed by atoms with Crippen molar-refractivity contribution in [3.05, 3.63) is 11.8 Å². The smallest absolute Gasteiger partial charge is 0.368 e. The van der Waals surface area contributed by atoms with Crippen LogP contribution in [0.25, 0.3) is 0 Å². The van der Waals surface area contributed by atoms with Crippen molar-refractivity contribution in [2.24, 2.45) is 0 Å². The van der Waals surface area contributed by atoms with Crippen molar-refractivity contribution < 1.29 is 13.2 Å². The predicted octanol–water partition coefficient (Wildman–Crippen LogP) is 2.43. The number of halogens is 3.